The summed E-state index contributed by atoms with van der Waals surface area (Å²) in [4.78, 5) is 8.78. The second kappa shape index (κ2) is 17.5. The van der Waals surface area contributed by atoms with E-state index in [0.29, 0.717) is 13.2 Å². The van der Waals surface area contributed by atoms with Crippen LogP contribution in [0.15, 0.2) is 0 Å². The summed E-state index contributed by atoms with van der Waals surface area (Å²) in [5, 5.41) is 0. The molecule has 0 aliphatic heterocycles. The number of unbranched alkanes of at least 4 members (excludes halogenated alkanes) is 3. The molecule has 12 heavy (non-hydrogen) atoms. The van der Waals surface area contributed by atoms with Gasteiger partial charge in [0.05, 0.1) is 13.2 Å². The zero-order chi connectivity index (χ0) is 7.66. The van der Waals surface area contributed by atoms with Crippen LogP contribution >= 0.6 is 24.8 Å². The van der Waals surface area contributed by atoms with Crippen LogP contribution < -0.4 is 11.8 Å². The molecule has 0 amide bonds. The second-order valence-electron chi connectivity index (χ2n) is 2.16. The number of nitrogens with two attached hydrogens (primary N) is 2. The maximum absolute atomic E-state index is 4.82. The van der Waals surface area contributed by atoms with Crippen LogP contribution in [-0.2, 0) is 9.68 Å². The highest BCUT2D eigenvalue weighted by Gasteiger charge is 1.88. The quantitative estimate of drug-likeness (QED) is 0.500. The van der Waals surface area contributed by atoms with Gasteiger partial charge in [0, 0.05) is 0 Å². The van der Waals surface area contributed by atoms with Crippen molar-refractivity contribution in [2.75, 3.05) is 13.2 Å². The lowest BCUT2D eigenvalue weighted by Crippen LogP contribution is -2.02. The predicted octanol–water partition coefficient (Wildman–Crippen LogP) is 1.17. The first-order chi connectivity index (χ1) is 4.91. The highest BCUT2D eigenvalue weighted by molar-refractivity contribution is 5.85. The van der Waals surface area contributed by atoms with E-state index < -0.39 is 0 Å². The number of hydrogen-bond donors (Lipinski definition) is 2. The Morgan fingerprint density at radius 3 is 1.25 bits per heavy atom. The molecule has 0 saturated carbocycles. The third kappa shape index (κ3) is 16.8. The molecule has 0 aromatic carbocycles. The van der Waals surface area contributed by atoms with Crippen LogP contribution in [0, 0.1) is 0 Å². The van der Waals surface area contributed by atoms with Gasteiger partial charge in [0.1, 0.15) is 0 Å². The Balaban J connectivity index is -0.000000405. The monoisotopic (exact) mass is 220 g/mol. The van der Waals surface area contributed by atoms with Crippen LogP contribution in [0.3, 0.4) is 0 Å². The minimum absolute atomic E-state index is 0. The van der Waals surface area contributed by atoms with Crippen molar-refractivity contribution < 1.29 is 9.68 Å². The van der Waals surface area contributed by atoms with Gasteiger partial charge in [-0.05, 0) is 12.8 Å². The first-order valence-electron chi connectivity index (χ1n) is 3.55. The highest BCUT2D eigenvalue weighted by Crippen LogP contribution is 1.98. The topological polar surface area (TPSA) is 70.5 Å². The van der Waals surface area contributed by atoms with Crippen LogP contribution in [0.25, 0.3) is 0 Å². The largest absolute Gasteiger partial charge is 0.305 e. The second-order valence-corrected chi connectivity index (χ2v) is 2.16. The number of hydrogen-bond acceptors (Lipinski definition) is 4. The van der Waals surface area contributed by atoms with Gasteiger partial charge in [0.2, 0.25) is 0 Å². The van der Waals surface area contributed by atoms with E-state index in [2.05, 4.69) is 9.68 Å². The summed E-state index contributed by atoms with van der Waals surface area (Å²) in [5.74, 6) is 9.65. The highest BCUT2D eigenvalue weighted by atomic mass is 35.5. The fourth-order valence-electron chi connectivity index (χ4n) is 0.724. The van der Waals surface area contributed by atoms with E-state index in [4.69, 9.17) is 11.8 Å². The third-order valence-electron chi connectivity index (χ3n) is 1.27. The maximum Gasteiger partial charge on any atom is 0.0679 e. The molecule has 0 rings (SSSR count). The molecule has 0 aliphatic rings. The summed E-state index contributed by atoms with van der Waals surface area (Å²) < 4.78 is 0. The lowest BCUT2D eigenvalue weighted by molar-refractivity contribution is 0.124. The van der Waals surface area contributed by atoms with Crippen molar-refractivity contribution in [2.24, 2.45) is 11.8 Å². The summed E-state index contributed by atoms with van der Waals surface area (Å²) in [6.07, 6.45) is 4.28. The minimum Gasteiger partial charge on any atom is -0.305 e. The van der Waals surface area contributed by atoms with Crippen LogP contribution in [-0.4, -0.2) is 13.2 Å². The lowest BCUT2D eigenvalue weighted by atomic mass is 10.2. The van der Waals surface area contributed by atoms with Gasteiger partial charge < -0.3 is 9.68 Å². The molecule has 0 fully saturated rings. The van der Waals surface area contributed by atoms with E-state index in [9.17, 15) is 0 Å². The molecule has 6 heteroatoms. The first-order valence-corrected chi connectivity index (χ1v) is 3.55. The van der Waals surface area contributed by atoms with Crippen molar-refractivity contribution >= 4 is 24.8 Å². The molecule has 78 valence electrons. The fraction of sp³-hybridized carbons (Fsp3) is 1.00. The standard InChI is InChI=1S/C6H16N2O2.2ClH/c7-9-5-3-1-2-4-6-10-8;;/h1-8H2;2*1H. The molecule has 0 aromatic rings. The van der Waals surface area contributed by atoms with Crippen LogP contribution in [0.4, 0.5) is 0 Å². The van der Waals surface area contributed by atoms with E-state index in [1.54, 1.807) is 0 Å². The smallest absolute Gasteiger partial charge is 0.0679 e. The Morgan fingerprint density at radius 1 is 0.667 bits per heavy atom. The number of halogens is 2. The summed E-state index contributed by atoms with van der Waals surface area (Å²) in [6.45, 7) is 1.28. The molecule has 0 aliphatic carbocycles. The molecule has 0 atom stereocenters. The third-order valence-corrected chi connectivity index (χ3v) is 1.27. The Hall–Kier alpha value is 0.420. The molecular formula is C6H18Cl2N2O2. The van der Waals surface area contributed by atoms with Gasteiger partial charge in [-0.15, -0.1) is 24.8 Å². The normalized spacial score (nSPS) is 8.50. The Kier molecular flexibility index (Phi) is 26.6. The van der Waals surface area contributed by atoms with Crippen molar-refractivity contribution in [2.45, 2.75) is 25.7 Å². The molecule has 4 nitrogen and oxygen atoms in total. The number of rotatable bonds is 7. The van der Waals surface area contributed by atoms with Gasteiger partial charge in [-0.2, -0.15) is 0 Å². The van der Waals surface area contributed by atoms with E-state index in [1.165, 1.54) is 0 Å². The van der Waals surface area contributed by atoms with Crippen LogP contribution in [0.5, 0.6) is 0 Å². The summed E-state index contributed by atoms with van der Waals surface area (Å²) in [6, 6.07) is 0. The van der Waals surface area contributed by atoms with Crippen molar-refractivity contribution in [1.82, 2.24) is 0 Å². The zero-order valence-corrected chi connectivity index (χ0v) is 8.66. The Bertz CT molecular complexity index is 61.5. The van der Waals surface area contributed by atoms with Gasteiger partial charge >= 0.3 is 0 Å². The van der Waals surface area contributed by atoms with Gasteiger partial charge in [-0.25, -0.2) is 11.8 Å². The van der Waals surface area contributed by atoms with E-state index >= 15 is 0 Å². The van der Waals surface area contributed by atoms with E-state index in [-0.39, 0.29) is 24.8 Å². The Labute approximate surface area is 85.7 Å². The van der Waals surface area contributed by atoms with Crippen molar-refractivity contribution in [3.8, 4) is 0 Å². The molecule has 0 radical (unpaired) electrons. The van der Waals surface area contributed by atoms with Gasteiger partial charge in [-0.3, -0.25) is 0 Å². The summed E-state index contributed by atoms with van der Waals surface area (Å²) >= 11 is 0. The molecular weight excluding hydrogens is 203 g/mol. The average Bonchev–Trinajstić information content (AvgIpc) is 1.97. The zero-order valence-electron chi connectivity index (χ0n) is 7.03. The average molecular weight is 221 g/mol. The summed E-state index contributed by atoms with van der Waals surface area (Å²) in [5.41, 5.74) is 0. The minimum atomic E-state index is 0. The van der Waals surface area contributed by atoms with E-state index in [0.717, 1.165) is 25.7 Å². The molecule has 0 bridgehead atoms. The molecule has 4 N–H and O–H groups in total. The van der Waals surface area contributed by atoms with Gasteiger partial charge in [0.15, 0.2) is 0 Å². The molecule has 0 saturated heterocycles. The fourth-order valence-corrected chi connectivity index (χ4v) is 0.724. The molecule has 0 heterocycles. The molecule has 0 unspecified atom stereocenters. The first kappa shape index (κ1) is 18.3. The van der Waals surface area contributed by atoms with Crippen LogP contribution in [0.2, 0.25) is 0 Å². The van der Waals surface area contributed by atoms with Crippen LogP contribution in [0.1, 0.15) is 25.7 Å². The van der Waals surface area contributed by atoms with Crippen molar-refractivity contribution in [1.29, 1.82) is 0 Å². The van der Waals surface area contributed by atoms with Crippen molar-refractivity contribution in [3.05, 3.63) is 0 Å². The predicted molar refractivity (Wildman–Crippen MR) is 53.2 cm³/mol. The van der Waals surface area contributed by atoms with Gasteiger partial charge in [0.25, 0.3) is 0 Å². The molecule has 0 spiro atoms. The lowest BCUT2D eigenvalue weighted by Gasteiger charge is -1.98. The maximum atomic E-state index is 4.82. The SMILES string of the molecule is Cl.Cl.NOCCCCCCON. The Morgan fingerprint density at radius 2 is 1.00 bits per heavy atom. The van der Waals surface area contributed by atoms with Gasteiger partial charge in [-0.1, -0.05) is 12.8 Å². The molecule has 0 aromatic heterocycles. The van der Waals surface area contributed by atoms with E-state index in [1.807, 2.05) is 0 Å². The van der Waals surface area contributed by atoms with Crippen molar-refractivity contribution in [3.63, 3.8) is 0 Å². The summed E-state index contributed by atoms with van der Waals surface area (Å²) in [7, 11) is 0.